The van der Waals surface area contributed by atoms with E-state index in [1.165, 1.54) is 0 Å². The van der Waals surface area contributed by atoms with Gasteiger partial charge in [0.15, 0.2) is 18.2 Å². The Bertz CT molecular complexity index is 678. The van der Waals surface area contributed by atoms with E-state index in [4.69, 9.17) is 21.1 Å². The Morgan fingerprint density at radius 2 is 1.88 bits per heavy atom. The Morgan fingerprint density at radius 3 is 2.54 bits per heavy atom. The van der Waals surface area contributed by atoms with Gasteiger partial charge < -0.3 is 9.47 Å². The van der Waals surface area contributed by atoms with E-state index in [0.717, 1.165) is 19.3 Å². The Kier molecular flexibility index (Phi) is 6.98. The second kappa shape index (κ2) is 8.80. The molecule has 0 aliphatic heterocycles. The molecule has 0 saturated heterocycles. The summed E-state index contributed by atoms with van der Waals surface area (Å²) in [7, 11) is 0. The molecule has 2 rings (SSSR count). The van der Waals surface area contributed by atoms with Crippen LogP contribution in [0.1, 0.15) is 50.4 Å². The van der Waals surface area contributed by atoms with Crippen LogP contribution in [0.3, 0.4) is 0 Å². The maximum absolute atomic E-state index is 13.2. The van der Waals surface area contributed by atoms with Crippen LogP contribution in [0.15, 0.2) is 12.1 Å². The summed E-state index contributed by atoms with van der Waals surface area (Å²) in [4.78, 5) is 24.0. The lowest BCUT2D eigenvalue weighted by Gasteiger charge is -2.36. The molecular weight excluding hydrogens is 366 g/mol. The quantitative estimate of drug-likeness (QED) is 0.538. The number of ether oxygens (including phenoxy) is 2. The third-order valence-corrected chi connectivity index (χ3v) is 5.11. The molecule has 0 unspecified atom stereocenters. The predicted molar refractivity (Wildman–Crippen MR) is 92.9 cm³/mol. The van der Waals surface area contributed by atoms with Crippen LogP contribution in [0, 0.1) is 29.4 Å². The van der Waals surface area contributed by atoms with Crippen molar-refractivity contribution in [3.05, 3.63) is 34.4 Å². The van der Waals surface area contributed by atoms with Gasteiger partial charge in [-0.25, -0.2) is 18.4 Å². The van der Waals surface area contributed by atoms with E-state index in [9.17, 15) is 18.4 Å². The highest BCUT2D eigenvalue weighted by atomic mass is 35.5. The number of carbonyl (C=O) groups excluding carboxylic acids is 2. The van der Waals surface area contributed by atoms with Gasteiger partial charge in [0.05, 0.1) is 10.6 Å². The number of esters is 2. The largest absolute Gasteiger partial charge is 0.460 e. The van der Waals surface area contributed by atoms with Gasteiger partial charge in [0, 0.05) is 0 Å². The van der Waals surface area contributed by atoms with Gasteiger partial charge in [-0.3, -0.25) is 0 Å². The third-order valence-electron chi connectivity index (χ3n) is 4.80. The van der Waals surface area contributed by atoms with Gasteiger partial charge in [0.1, 0.15) is 6.10 Å². The maximum atomic E-state index is 13.2. The molecule has 3 atom stereocenters. The van der Waals surface area contributed by atoms with Crippen LogP contribution >= 0.6 is 11.6 Å². The second-order valence-electron chi connectivity index (χ2n) is 7.18. The van der Waals surface area contributed by atoms with Crippen LogP contribution in [0.4, 0.5) is 8.78 Å². The lowest BCUT2D eigenvalue weighted by atomic mass is 9.75. The van der Waals surface area contributed by atoms with Crippen LogP contribution in [0.5, 0.6) is 0 Å². The van der Waals surface area contributed by atoms with Crippen molar-refractivity contribution in [1.82, 2.24) is 0 Å². The van der Waals surface area contributed by atoms with Crippen molar-refractivity contribution in [2.45, 2.75) is 46.1 Å². The van der Waals surface area contributed by atoms with Crippen molar-refractivity contribution in [3.63, 3.8) is 0 Å². The Hall–Kier alpha value is -1.69. The Balaban J connectivity index is 1.93. The standard InChI is InChI=1S/C19H23ClF2O4/c1-10(2)12-5-4-11(3)6-17(12)26-18(23)9-25-19(24)13-7-15(21)16(22)8-14(13)20/h7-8,10-12,17H,4-6,9H2,1-3H3/t11-,12+,17+/m1/s1. The van der Waals surface area contributed by atoms with E-state index in [2.05, 4.69) is 20.8 Å². The van der Waals surface area contributed by atoms with Gasteiger partial charge in [-0.05, 0) is 42.7 Å². The molecule has 0 radical (unpaired) electrons. The van der Waals surface area contributed by atoms with E-state index < -0.39 is 30.2 Å². The molecule has 1 aromatic carbocycles. The minimum absolute atomic E-state index is 0.211. The van der Waals surface area contributed by atoms with E-state index in [0.29, 0.717) is 24.0 Å². The SMILES string of the molecule is CC(C)[C@@H]1CC[C@@H](C)C[C@@H]1OC(=O)COC(=O)c1cc(F)c(F)cc1Cl. The summed E-state index contributed by atoms with van der Waals surface area (Å²) in [6.07, 6.45) is 2.65. The maximum Gasteiger partial charge on any atom is 0.344 e. The van der Waals surface area contributed by atoms with Crippen LogP contribution in [-0.4, -0.2) is 24.6 Å². The van der Waals surface area contributed by atoms with Crippen molar-refractivity contribution in [1.29, 1.82) is 0 Å². The molecule has 1 aliphatic carbocycles. The minimum Gasteiger partial charge on any atom is -0.460 e. The topological polar surface area (TPSA) is 52.6 Å². The summed E-state index contributed by atoms with van der Waals surface area (Å²) in [5, 5.41) is -0.289. The van der Waals surface area contributed by atoms with Crippen molar-refractivity contribution in [3.8, 4) is 0 Å². The summed E-state index contributed by atoms with van der Waals surface area (Å²) in [5.74, 6) is -2.95. The first-order chi connectivity index (χ1) is 12.2. The van der Waals surface area contributed by atoms with Gasteiger partial charge in [-0.15, -0.1) is 0 Å². The molecule has 0 heterocycles. The molecule has 0 aromatic heterocycles. The fraction of sp³-hybridized carbons (Fsp3) is 0.579. The zero-order valence-electron chi connectivity index (χ0n) is 15.1. The molecule has 1 saturated carbocycles. The first-order valence-corrected chi connectivity index (χ1v) is 9.08. The van der Waals surface area contributed by atoms with Crippen molar-refractivity contribution in [2.75, 3.05) is 6.61 Å². The zero-order valence-corrected chi connectivity index (χ0v) is 15.8. The number of benzene rings is 1. The van der Waals surface area contributed by atoms with Crippen LogP contribution in [0.25, 0.3) is 0 Å². The molecule has 7 heteroatoms. The van der Waals surface area contributed by atoms with Crippen molar-refractivity contribution < 1.29 is 27.8 Å². The Labute approximate surface area is 156 Å². The fourth-order valence-electron chi connectivity index (χ4n) is 3.33. The van der Waals surface area contributed by atoms with Gasteiger partial charge in [-0.2, -0.15) is 0 Å². The zero-order chi connectivity index (χ0) is 19.4. The van der Waals surface area contributed by atoms with E-state index >= 15 is 0 Å². The number of hydrogen-bond acceptors (Lipinski definition) is 4. The molecule has 0 amide bonds. The summed E-state index contributed by atoms with van der Waals surface area (Å²) in [6.45, 7) is 5.69. The molecule has 1 aromatic rings. The molecule has 1 aliphatic rings. The first-order valence-electron chi connectivity index (χ1n) is 8.70. The van der Waals surface area contributed by atoms with Gasteiger partial charge in [0.2, 0.25) is 0 Å². The lowest BCUT2D eigenvalue weighted by molar-refractivity contribution is -0.159. The Morgan fingerprint density at radius 1 is 1.23 bits per heavy atom. The van der Waals surface area contributed by atoms with Gasteiger partial charge in [0.25, 0.3) is 0 Å². The summed E-state index contributed by atoms with van der Waals surface area (Å²) in [5.41, 5.74) is -0.343. The minimum atomic E-state index is -1.22. The molecular formula is C19H23ClF2O4. The molecule has 0 bridgehead atoms. The lowest BCUT2D eigenvalue weighted by Crippen LogP contribution is -2.36. The number of hydrogen-bond donors (Lipinski definition) is 0. The average Bonchev–Trinajstić information content (AvgIpc) is 2.55. The van der Waals surface area contributed by atoms with E-state index in [-0.39, 0.29) is 22.6 Å². The highest BCUT2D eigenvalue weighted by Crippen LogP contribution is 2.35. The van der Waals surface area contributed by atoms with E-state index in [1.54, 1.807) is 0 Å². The number of rotatable bonds is 5. The summed E-state index contributed by atoms with van der Waals surface area (Å²) in [6, 6.07) is 1.32. The molecule has 26 heavy (non-hydrogen) atoms. The van der Waals surface area contributed by atoms with Gasteiger partial charge in [-0.1, -0.05) is 38.8 Å². The molecule has 1 fully saturated rings. The smallest absolute Gasteiger partial charge is 0.344 e. The fourth-order valence-corrected chi connectivity index (χ4v) is 3.56. The molecule has 0 spiro atoms. The van der Waals surface area contributed by atoms with Crippen LogP contribution < -0.4 is 0 Å². The predicted octanol–water partition coefficient (Wildman–Crippen LogP) is 4.78. The molecule has 0 N–H and O–H groups in total. The van der Waals surface area contributed by atoms with Crippen LogP contribution in [-0.2, 0) is 14.3 Å². The van der Waals surface area contributed by atoms with Crippen LogP contribution in [0.2, 0.25) is 5.02 Å². The molecule has 144 valence electrons. The number of carbonyl (C=O) groups is 2. The third kappa shape index (κ3) is 5.16. The van der Waals surface area contributed by atoms with Crippen molar-refractivity contribution in [2.24, 2.45) is 17.8 Å². The highest BCUT2D eigenvalue weighted by Gasteiger charge is 2.33. The van der Waals surface area contributed by atoms with E-state index in [1.807, 2.05) is 0 Å². The monoisotopic (exact) mass is 388 g/mol. The summed E-state index contributed by atoms with van der Waals surface area (Å²) >= 11 is 5.71. The highest BCUT2D eigenvalue weighted by molar-refractivity contribution is 6.33. The van der Waals surface area contributed by atoms with Gasteiger partial charge >= 0.3 is 11.9 Å². The second-order valence-corrected chi connectivity index (χ2v) is 7.58. The number of halogens is 3. The first kappa shape index (κ1) is 20.6. The molecule has 4 nitrogen and oxygen atoms in total. The van der Waals surface area contributed by atoms with Crippen molar-refractivity contribution >= 4 is 23.5 Å². The average molecular weight is 389 g/mol. The normalized spacial score (nSPS) is 23.0. The summed E-state index contributed by atoms with van der Waals surface area (Å²) < 4.78 is 36.6.